The van der Waals surface area contributed by atoms with Gasteiger partial charge in [0.05, 0.1) is 0 Å². The molecule has 0 aliphatic carbocycles. The first-order valence-electron chi connectivity index (χ1n) is 9.45. The highest BCUT2D eigenvalue weighted by atomic mass is 35.5. The number of aromatic nitrogens is 2. The Labute approximate surface area is 178 Å². The molecule has 1 aliphatic heterocycles. The largest absolute Gasteiger partial charge is 0.484 e. The van der Waals surface area contributed by atoms with E-state index in [1.807, 2.05) is 23.1 Å². The third-order valence-corrected chi connectivity index (χ3v) is 5.81. The van der Waals surface area contributed by atoms with Crippen molar-refractivity contribution in [3.8, 4) is 5.75 Å². The van der Waals surface area contributed by atoms with Gasteiger partial charge in [-0.1, -0.05) is 41.9 Å². The molecule has 1 aliphatic rings. The molecule has 0 spiro atoms. The van der Waals surface area contributed by atoms with E-state index in [-0.39, 0.29) is 12.5 Å². The highest BCUT2D eigenvalue weighted by Gasteiger charge is 2.23. The number of hydrogen-bond donors (Lipinski definition) is 0. The second kappa shape index (κ2) is 9.24. The van der Waals surface area contributed by atoms with Crippen LogP contribution in [-0.2, 0) is 11.2 Å². The molecule has 0 N–H and O–H groups in total. The molecular formula is C21H21ClN4O2S. The van der Waals surface area contributed by atoms with Crippen molar-refractivity contribution in [3.05, 3.63) is 71.0 Å². The molecule has 1 amide bonds. The Morgan fingerprint density at radius 2 is 1.76 bits per heavy atom. The number of amides is 1. The van der Waals surface area contributed by atoms with Crippen molar-refractivity contribution in [2.45, 2.75) is 6.42 Å². The minimum Gasteiger partial charge on any atom is -0.484 e. The molecule has 0 unspecified atom stereocenters. The predicted octanol–water partition coefficient (Wildman–Crippen LogP) is 3.51. The van der Waals surface area contributed by atoms with Crippen LogP contribution in [0.4, 0.5) is 5.13 Å². The summed E-state index contributed by atoms with van der Waals surface area (Å²) in [4.78, 5) is 21.1. The topological polar surface area (TPSA) is 58.6 Å². The number of hydrogen-bond acceptors (Lipinski definition) is 6. The van der Waals surface area contributed by atoms with Gasteiger partial charge in [-0.3, -0.25) is 4.79 Å². The van der Waals surface area contributed by atoms with Gasteiger partial charge in [0.1, 0.15) is 11.6 Å². The van der Waals surface area contributed by atoms with Crippen molar-refractivity contribution in [1.29, 1.82) is 0 Å². The van der Waals surface area contributed by atoms with Crippen LogP contribution in [0.5, 0.6) is 5.75 Å². The Morgan fingerprint density at radius 3 is 2.48 bits per heavy atom. The van der Waals surface area contributed by atoms with E-state index in [2.05, 4.69) is 26.4 Å². The second-order valence-electron chi connectivity index (χ2n) is 6.77. The summed E-state index contributed by atoms with van der Waals surface area (Å²) in [5.74, 6) is 1.47. The first-order valence-corrected chi connectivity index (χ1v) is 10.6. The molecule has 29 heavy (non-hydrogen) atoms. The lowest BCUT2D eigenvalue weighted by molar-refractivity contribution is -0.133. The van der Waals surface area contributed by atoms with Gasteiger partial charge in [-0.2, -0.15) is 4.37 Å². The predicted molar refractivity (Wildman–Crippen MR) is 115 cm³/mol. The Balaban J connectivity index is 1.26. The van der Waals surface area contributed by atoms with Crippen LogP contribution in [0.1, 0.15) is 11.4 Å². The number of benzene rings is 2. The quantitative estimate of drug-likeness (QED) is 0.601. The number of piperazine rings is 1. The summed E-state index contributed by atoms with van der Waals surface area (Å²) < 4.78 is 10.1. The number of carbonyl (C=O) groups is 1. The zero-order valence-corrected chi connectivity index (χ0v) is 17.4. The van der Waals surface area contributed by atoms with Gasteiger partial charge in [0.25, 0.3) is 5.91 Å². The third kappa shape index (κ3) is 5.25. The molecule has 1 fully saturated rings. The van der Waals surface area contributed by atoms with Gasteiger partial charge in [0.15, 0.2) is 6.61 Å². The summed E-state index contributed by atoms with van der Waals surface area (Å²) in [6.45, 7) is 2.81. The summed E-state index contributed by atoms with van der Waals surface area (Å²) >= 11 is 7.28. The molecule has 6 nitrogen and oxygen atoms in total. The van der Waals surface area contributed by atoms with E-state index in [4.69, 9.17) is 16.3 Å². The molecule has 2 aromatic carbocycles. The Morgan fingerprint density at radius 1 is 1.03 bits per heavy atom. The summed E-state index contributed by atoms with van der Waals surface area (Å²) in [6.07, 6.45) is 0.734. The molecule has 1 aromatic heterocycles. The minimum absolute atomic E-state index is 0.0124. The van der Waals surface area contributed by atoms with Gasteiger partial charge in [-0.15, -0.1) is 0 Å². The third-order valence-electron chi connectivity index (χ3n) is 4.74. The molecular weight excluding hydrogens is 408 g/mol. The number of rotatable bonds is 6. The van der Waals surface area contributed by atoms with Crippen LogP contribution in [0, 0.1) is 0 Å². The number of carbonyl (C=O) groups excluding carboxylic acids is 1. The molecule has 2 heterocycles. The van der Waals surface area contributed by atoms with E-state index in [1.54, 1.807) is 24.3 Å². The van der Waals surface area contributed by atoms with Gasteiger partial charge >= 0.3 is 0 Å². The first-order chi connectivity index (χ1) is 14.2. The number of anilines is 1. The monoisotopic (exact) mass is 428 g/mol. The Bertz CT molecular complexity index is 941. The average Bonchev–Trinajstić information content (AvgIpc) is 3.22. The van der Waals surface area contributed by atoms with E-state index in [9.17, 15) is 4.79 Å². The van der Waals surface area contributed by atoms with Crippen molar-refractivity contribution >= 4 is 34.2 Å². The Hall–Kier alpha value is -2.64. The van der Waals surface area contributed by atoms with Crippen LogP contribution in [0.3, 0.4) is 0 Å². The molecule has 0 atom stereocenters. The van der Waals surface area contributed by atoms with Crippen molar-refractivity contribution in [2.24, 2.45) is 0 Å². The van der Waals surface area contributed by atoms with E-state index in [0.717, 1.165) is 30.5 Å². The molecule has 4 rings (SSSR count). The van der Waals surface area contributed by atoms with Gasteiger partial charge < -0.3 is 14.5 Å². The SMILES string of the molecule is O=C(COc1ccc(Cl)cc1)N1CCN(c2nc(Cc3ccccc3)ns2)CC1. The maximum absolute atomic E-state index is 12.4. The van der Waals surface area contributed by atoms with Crippen molar-refractivity contribution in [1.82, 2.24) is 14.3 Å². The molecule has 0 radical (unpaired) electrons. The highest BCUT2D eigenvalue weighted by Crippen LogP contribution is 2.21. The first kappa shape index (κ1) is 19.7. The number of nitrogens with zero attached hydrogens (tertiary/aromatic N) is 4. The minimum atomic E-state index is -0.0124. The molecule has 0 saturated carbocycles. The van der Waals surface area contributed by atoms with Gasteiger partial charge in [0, 0.05) is 49.2 Å². The molecule has 150 valence electrons. The standard InChI is InChI=1S/C21H21ClN4O2S/c22-17-6-8-18(9-7-17)28-15-20(27)25-10-12-26(13-11-25)21-23-19(24-29-21)14-16-4-2-1-3-5-16/h1-9H,10-15H2. The summed E-state index contributed by atoms with van der Waals surface area (Å²) in [6, 6.07) is 17.2. The maximum atomic E-state index is 12.4. The Kier molecular flexibility index (Phi) is 6.27. The lowest BCUT2D eigenvalue weighted by Gasteiger charge is -2.34. The lowest BCUT2D eigenvalue weighted by Crippen LogP contribution is -2.50. The second-order valence-corrected chi connectivity index (χ2v) is 7.93. The summed E-state index contributed by atoms with van der Waals surface area (Å²) in [5.41, 5.74) is 1.20. The fourth-order valence-corrected chi connectivity index (χ4v) is 4.00. The maximum Gasteiger partial charge on any atom is 0.260 e. The summed E-state index contributed by atoms with van der Waals surface area (Å²) in [5, 5.41) is 1.56. The van der Waals surface area contributed by atoms with E-state index < -0.39 is 0 Å². The van der Waals surface area contributed by atoms with Crippen LogP contribution >= 0.6 is 23.1 Å². The van der Waals surface area contributed by atoms with Gasteiger partial charge in [-0.25, -0.2) is 4.98 Å². The smallest absolute Gasteiger partial charge is 0.260 e. The zero-order valence-electron chi connectivity index (χ0n) is 15.8. The van der Waals surface area contributed by atoms with Crippen molar-refractivity contribution in [3.63, 3.8) is 0 Å². The summed E-state index contributed by atoms with van der Waals surface area (Å²) in [7, 11) is 0. The molecule has 1 saturated heterocycles. The average molecular weight is 429 g/mol. The van der Waals surface area contributed by atoms with E-state index in [0.29, 0.717) is 23.9 Å². The fourth-order valence-electron chi connectivity index (χ4n) is 3.14. The van der Waals surface area contributed by atoms with Gasteiger partial charge in [0.2, 0.25) is 5.13 Å². The van der Waals surface area contributed by atoms with Crippen molar-refractivity contribution < 1.29 is 9.53 Å². The molecule has 8 heteroatoms. The fraction of sp³-hybridized carbons (Fsp3) is 0.286. The van der Waals surface area contributed by atoms with Crippen LogP contribution in [0.25, 0.3) is 0 Å². The van der Waals surface area contributed by atoms with Crippen LogP contribution in [0.15, 0.2) is 54.6 Å². The van der Waals surface area contributed by atoms with Crippen LogP contribution < -0.4 is 9.64 Å². The van der Waals surface area contributed by atoms with E-state index in [1.165, 1.54) is 17.1 Å². The number of ether oxygens (including phenoxy) is 1. The zero-order chi connectivity index (χ0) is 20.1. The van der Waals surface area contributed by atoms with Crippen LogP contribution in [0.2, 0.25) is 5.02 Å². The lowest BCUT2D eigenvalue weighted by atomic mass is 10.1. The normalized spacial score (nSPS) is 14.1. The van der Waals surface area contributed by atoms with Crippen LogP contribution in [-0.4, -0.2) is 53.0 Å². The molecule has 0 bridgehead atoms. The molecule has 3 aromatic rings. The van der Waals surface area contributed by atoms with Gasteiger partial charge in [-0.05, 0) is 29.8 Å². The highest BCUT2D eigenvalue weighted by molar-refractivity contribution is 7.09. The number of halogens is 1. The van der Waals surface area contributed by atoms with E-state index >= 15 is 0 Å². The van der Waals surface area contributed by atoms with Crippen molar-refractivity contribution in [2.75, 3.05) is 37.7 Å².